The predicted molar refractivity (Wildman–Crippen MR) is 80.4 cm³/mol. The third kappa shape index (κ3) is 9.08. The van der Waals surface area contributed by atoms with Crippen LogP contribution in [0.3, 0.4) is 0 Å². The van der Waals surface area contributed by atoms with Crippen molar-refractivity contribution in [1.29, 1.82) is 0 Å². The summed E-state index contributed by atoms with van der Waals surface area (Å²) < 4.78 is 5.05. The topological polar surface area (TPSA) is 61.4 Å². The minimum Gasteiger partial charge on any atom is -0.873 e. The van der Waals surface area contributed by atoms with Crippen LogP contribution >= 0.6 is 11.6 Å². The van der Waals surface area contributed by atoms with Crippen molar-refractivity contribution in [3.8, 4) is 0 Å². The summed E-state index contributed by atoms with van der Waals surface area (Å²) in [5.74, 6) is -1.26. The normalized spacial score (nSPS) is 11.9. The zero-order valence-electron chi connectivity index (χ0n) is 12.7. The van der Waals surface area contributed by atoms with E-state index < -0.39 is 11.7 Å². The number of alkyl halides is 1. The Morgan fingerprint density at radius 2 is 1.65 bits per heavy atom. The third-order valence-corrected chi connectivity index (χ3v) is 3.33. The van der Waals surface area contributed by atoms with E-state index in [9.17, 15) is 9.90 Å². The van der Waals surface area contributed by atoms with Gasteiger partial charge in [-0.3, -0.25) is 0 Å². The first kappa shape index (κ1) is 19.1. The molecule has 1 N–H and O–H groups in total. The minimum atomic E-state index is -0.610. The molecule has 0 aliphatic heterocycles. The second kappa shape index (κ2) is 13.1. The second-order valence-electron chi connectivity index (χ2n) is 4.79. The van der Waals surface area contributed by atoms with Gasteiger partial charge in [0.2, 0.25) is 0 Å². The van der Waals surface area contributed by atoms with Crippen LogP contribution < -0.4 is 10.4 Å². The maximum atomic E-state index is 11.6. The Morgan fingerprint density at radius 3 is 2.15 bits per heavy atom. The first-order valence-corrected chi connectivity index (χ1v) is 8.01. The minimum absolute atomic E-state index is 0.0698. The molecule has 0 aliphatic carbocycles. The van der Waals surface area contributed by atoms with Gasteiger partial charge < -0.3 is 15.2 Å². The molecule has 0 aromatic carbocycles. The number of halogens is 1. The quantitative estimate of drug-likeness (QED) is 0.198. The van der Waals surface area contributed by atoms with Crippen molar-refractivity contribution in [3.63, 3.8) is 0 Å². The molecule has 0 saturated carbocycles. The number of esters is 1. The Bertz CT molecular complexity index is 293. The van der Waals surface area contributed by atoms with Crippen molar-refractivity contribution in [2.75, 3.05) is 19.5 Å². The smallest absolute Gasteiger partial charge is 0.353 e. The van der Waals surface area contributed by atoms with E-state index in [0.29, 0.717) is 6.61 Å². The number of ether oxygens (including phenoxy) is 1. The molecular formula is C15H27ClNO3-. The van der Waals surface area contributed by atoms with Crippen molar-refractivity contribution in [2.45, 2.75) is 58.3 Å². The summed E-state index contributed by atoms with van der Waals surface area (Å²) in [7, 11) is 1.51. The summed E-state index contributed by atoms with van der Waals surface area (Å²) >= 11 is 5.41. The zero-order valence-corrected chi connectivity index (χ0v) is 13.4. The van der Waals surface area contributed by atoms with Crippen molar-refractivity contribution in [3.05, 3.63) is 11.5 Å². The third-order valence-electron chi connectivity index (χ3n) is 3.09. The van der Waals surface area contributed by atoms with Gasteiger partial charge in [0.15, 0.2) is 0 Å². The van der Waals surface area contributed by atoms with Crippen LogP contribution in [-0.4, -0.2) is 25.5 Å². The van der Waals surface area contributed by atoms with Crippen molar-refractivity contribution < 1.29 is 14.6 Å². The molecule has 118 valence electrons. The molecule has 0 spiro atoms. The lowest BCUT2D eigenvalue weighted by Crippen LogP contribution is -2.26. The molecule has 0 bridgehead atoms. The number of likely N-dealkylation sites (N-methyl/N-ethyl adjacent to an activating group) is 1. The van der Waals surface area contributed by atoms with Crippen molar-refractivity contribution in [2.24, 2.45) is 0 Å². The highest BCUT2D eigenvalue weighted by Crippen LogP contribution is 2.08. The number of hydrogen-bond donors (Lipinski definition) is 1. The van der Waals surface area contributed by atoms with E-state index in [1.54, 1.807) is 0 Å². The highest BCUT2D eigenvalue weighted by Gasteiger charge is 2.09. The highest BCUT2D eigenvalue weighted by molar-refractivity contribution is 6.19. The van der Waals surface area contributed by atoms with Crippen LogP contribution in [0.2, 0.25) is 0 Å². The lowest BCUT2D eigenvalue weighted by molar-refractivity contribution is -0.302. The van der Waals surface area contributed by atoms with E-state index in [0.717, 1.165) is 12.8 Å². The summed E-state index contributed by atoms with van der Waals surface area (Å²) in [5, 5.41) is 13.9. The molecule has 5 heteroatoms. The highest BCUT2D eigenvalue weighted by atomic mass is 35.5. The van der Waals surface area contributed by atoms with Crippen LogP contribution in [0, 0.1) is 0 Å². The Labute approximate surface area is 127 Å². The van der Waals surface area contributed by atoms with Crippen LogP contribution in [0.25, 0.3) is 0 Å². The second-order valence-corrected chi connectivity index (χ2v) is 5.06. The molecule has 0 aliphatic rings. The number of carbonyl (C=O) groups is 1. The summed E-state index contributed by atoms with van der Waals surface area (Å²) in [6.45, 7) is 2.56. The van der Waals surface area contributed by atoms with E-state index in [-0.39, 0.29) is 11.6 Å². The largest absolute Gasteiger partial charge is 0.873 e. The lowest BCUT2D eigenvalue weighted by Gasteiger charge is -2.15. The average molecular weight is 305 g/mol. The average Bonchev–Trinajstić information content (AvgIpc) is 2.46. The Morgan fingerprint density at radius 1 is 1.10 bits per heavy atom. The fourth-order valence-corrected chi connectivity index (χ4v) is 2.03. The Balaban J connectivity index is 3.62. The van der Waals surface area contributed by atoms with Gasteiger partial charge in [-0.1, -0.05) is 57.6 Å². The van der Waals surface area contributed by atoms with Crippen LogP contribution in [0.5, 0.6) is 0 Å². The maximum Gasteiger partial charge on any atom is 0.353 e. The van der Waals surface area contributed by atoms with E-state index >= 15 is 0 Å². The number of nitrogens with one attached hydrogen (secondary N) is 1. The molecule has 0 saturated heterocycles. The predicted octanol–water partition coefficient (Wildman–Crippen LogP) is 2.70. The van der Waals surface area contributed by atoms with Gasteiger partial charge in [0.25, 0.3) is 0 Å². The molecule has 0 radical (unpaired) electrons. The summed E-state index contributed by atoms with van der Waals surface area (Å²) in [4.78, 5) is 11.6. The van der Waals surface area contributed by atoms with Gasteiger partial charge in [0.1, 0.15) is 5.70 Å². The summed E-state index contributed by atoms with van der Waals surface area (Å²) in [6.07, 6.45) is 9.48. The van der Waals surface area contributed by atoms with Gasteiger partial charge in [-0.05, 0) is 6.42 Å². The molecule has 0 atom stereocenters. The van der Waals surface area contributed by atoms with Gasteiger partial charge >= 0.3 is 5.97 Å². The van der Waals surface area contributed by atoms with Gasteiger partial charge in [0, 0.05) is 12.9 Å². The molecule has 4 nitrogen and oxygen atoms in total. The fourth-order valence-electron chi connectivity index (χ4n) is 1.90. The lowest BCUT2D eigenvalue weighted by atomic mass is 10.1. The Kier molecular flexibility index (Phi) is 12.5. The van der Waals surface area contributed by atoms with Crippen LogP contribution in [-0.2, 0) is 9.53 Å². The molecule has 20 heavy (non-hydrogen) atoms. The maximum absolute atomic E-state index is 11.6. The molecule has 0 fully saturated rings. The Hall–Kier alpha value is -0.900. The van der Waals surface area contributed by atoms with E-state index in [1.165, 1.54) is 45.6 Å². The number of unbranched alkanes of at least 4 members (excludes halogenated alkanes) is 7. The van der Waals surface area contributed by atoms with Crippen LogP contribution in [0.1, 0.15) is 58.3 Å². The fraction of sp³-hybridized carbons (Fsp3) is 0.800. The first-order valence-electron chi connectivity index (χ1n) is 7.48. The van der Waals surface area contributed by atoms with E-state index in [1.807, 2.05) is 0 Å². The molecule has 0 unspecified atom stereocenters. The van der Waals surface area contributed by atoms with Gasteiger partial charge in [-0.2, -0.15) is 0 Å². The molecule has 0 rings (SSSR count). The molecule has 0 amide bonds. The van der Waals surface area contributed by atoms with Gasteiger partial charge in [0.05, 0.1) is 6.61 Å². The molecular weight excluding hydrogens is 278 g/mol. The van der Waals surface area contributed by atoms with Crippen molar-refractivity contribution in [1.82, 2.24) is 5.32 Å². The molecule has 0 aromatic heterocycles. The zero-order chi connectivity index (χ0) is 15.2. The van der Waals surface area contributed by atoms with Crippen LogP contribution in [0.4, 0.5) is 0 Å². The monoisotopic (exact) mass is 304 g/mol. The van der Waals surface area contributed by atoms with Crippen LogP contribution in [0.15, 0.2) is 11.5 Å². The van der Waals surface area contributed by atoms with E-state index in [4.69, 9.17) is 16.3 Å². The number of hydrogen-bond acceptors (Lipinski definition) is 4. The number of rotatable bonds is 12. The molecule has 0 aromatic rings. The van der Waals surface area contributed by atoms with Crippen molar-refractivity contribution >= 4 is 17.6 Å². The number of allylic oxidation sites excluding steroid dienone is 1. The number of carbonyl (C=O) groups excluding carboxylic acids is 1. The van der Waals surface area contributed by atoms with Gasteiger partial charge in [-0.15, -0.1) is 11.6 Å². The van der Waals surface area contributed by atoms with E-state index in [2.05, 4.69) is 12.2 Å². The van der Waals surface area contributed by atoms with Gasteiger partial charge in [-0.25, -0.2) is 4.79 Å². The first-order chi connectivity index (χ1) is 9.67. The summed E-state index contributed by atoms with van der Waals surface area (Å²) in [5.41, 5.74) is -0.0698. The standard InChI is InChI=1S/C15H28ClNO3/c1-3-4-5-6-7-8-9-10-11-20-15(19)14(17-2)13(18)12-16/h17-18H,3-12H2,1-2H3/p-1/b14-13+. The molecule has 0 heterocycles. The summed E-state index contributed by atoms with van der Waals surface area (Å²) in [6, 6.07) is 0. The SMILES string of the molecule is CCCCCCCCCCOC(=O)/C(NC)=C(\[O-])CCl.